The number of amides is 1. The first-order valence-corrected chi connectivity index (χ1v) is 9.43. The monoisotopic (exact) mass is 405 g/mol. The molecule has 0 heterocycles. The van der Waals surface area contributed by atoms with Crippen LogP contribution in [-0.4, -0.2) is 30.8 Å². The summed E-state index contributed by atoms with van der Waals surface area (Å²) in [5.41, 5.74) is 1.23. The van der Waals surface area contributed by atoms with Crippen molar-refractivity contribution in [3.63, 3.8) is 0 Å². The second kappa shape index (κ2) is 9.60. The molecular weight excluding hydrogens is 385 g/mol. The van der Waals surface area contributed by atoms with Gasteiger partial charge in [0.25, 0.3) is 5.91 Å². The minimum absolute atomic E-state index is 0.0870. The molecule has 0 bridgehead atoms. The molecule has 0 atom stereocenters. The van der Waals surface area contributed by atoms with Crippen LogP contribution >= 0.6 is 0 Å². The lowest BCUT2D eigenvalue weighted by molar-refractivity contribution is -0.121. The summed E-state index contributed by atoms with van der Waals surface area (Å²) in [6.07, 6.45) is 0. The number of ketones is 1. The number of likely N-dealkylation sites (N-methyl/N-ethyl adjacent to an activating group) is 1. The second-order valence-electron chi connectivity index (χ2n) is 6.43. The number of nitrogens with zero attached hydrogens (tertiary/aromatic N) is 1. The van der Waals surface area contributed by atoms with Crippen molar-refractivity contribution in [1.82, 2.24) is 0 Å². The van der Waals surface area contributed by atoms with Crippen LogP contribution in [0.2, 0.25) is 0 Å². The molecule has 0 unspecified atom stereocenters. The summed E-state index contributed by atoms with van der Waals surface area (Å²) in [6.45, 7) is 1.58. The van der Waals surface area contributed by atoms with Crippen LogP contribution in [0.4, 0.5) is 10.1 Å². The normalized spacial score (nSPS) is 10.3. The Balaban J connectivity index is 1.73. The molecule has 0 saturated heterocycles. The summed E-state index contributed by atoms with van der Waals surface area (Å²) in [6, 6.07) is 20.4. The molecule has 6 heteroatoms. The van der Waals surface area contributed by atoms with Crippen LogP contribution in [-0.2, 0) is 9.53 Å². The van der Waals surface area contributed by atoms with Crippen molar-refractivity contribution in [2.75, 3.05) is 18.1 Å². The van der Waals surface area contributed by atoms with Gasteiger partial charge in [-0.05, 0) is 37.3 Å². The maximum atomic E-state index is 13.1. The first-order valence-electron chi connectivity index (χ1n) is 9.43. The first kappa shape index (κ1) is 20.9. The number of ether oxygens (including phenoxy) is 1. The molecule has 0 aromatic heterocycles. The van der Waals surface area contributed by atoms with Gasteiger partial charge in [0, 0.05) is 23.4 Å². The molecular formula is C24H20FNO4. The molecule has 30 heavy (non-hydrogen) atoms. The van der Waals surface area contributed by atoms with Crippen molar-refractivity contribution < 1.29 is 23.5 Å². The van der Waals surface area contributed by atoms with Gasteiger partial charge < -0.3 is 9.64 Å². The highest BCUT2D eigenvalue weighted by atomic mass is 19.1. The molecule has 3 rings (SSSR count). The van der Waals surface area contributed by atoms with E-state index in [1.54, 1.807) is 55.5 Å². The predicted molar refractivity (Wildman–Crippen MR) is 111 cm³/mol. The molecule has 0 fully saturated rings. The zero-order chi connectivity index (χ0) is 21.5. The molecule has 0 aliphatic carbocycles. The van der Waals surface area contributed by atoms with E-state index in [0.29, 0.717) is 17.8 Å². The number of esters is 1. The minimum Gasteiger partial charge on any atom is -0.452 e. The van der Waals surface area contributed by atoms with Gasteiger partial charge in [-0.25, -0.2) is 9.18 Å². The van der Waals surface area contributed by atoms with Gasteiger partial charge in [-0.1, -0.05) is 48.5 Å². The summed E-state index contributed by atoms with van der Waals surface area (Å²) in [5.74, 6) is -1.94. The maximum Gasteiger partial charge on any atom is 0.339 e. The Hall–Kier alpha value is -3.80. The molecule has 0 N–H and O–H groups in total. The lowest BCUT2D eigenvalue weighted by atomic mass is 9.98. The van der Waals surface area contributed by atoms with Crippen LogP contribution in [0.1, 0.15) is 33.2 Å². The Morgan fingerprint density at radius 2 is 1.43 bits per heavy atom. The molecule has 1 amide bonds. The van der Waals surface area contributed by atoms with Crippen molar-refractivity contribution in [3.8, 4) is 0 Å². The molecule has 152 valence electrons. The number of benzene rings is 3. The van der Waals surface area contributed by atoms with Crippen molar-refractivity contribution in [3.05, 3.63) is 101 Å². The fourth-order valence-corrected chi connectivity index (χ4v) is 3.01. The topological polar surface area (TPSA) is 63.7 Å². The van der Waals surface area contributed by atoms with Gasteiger partial charge in [-0.15, -0.1) is 0 Å². The van der Waals surface area contributed by atoms with Gasteiger partial charge in [-0.2, -0.15) is 0 Å². The van der Waals surface area contributed by atoms with Gasteiger partial charge >= 0.3 is 5.97 Å². The smallest absolute Gasteiger partial charge is 0.339 e. The van der Waals surface area contributed by atoms with Crippen molar-refractivity contribution >= 4 is 23.3 Å². The fourth-order valence-electron chi connectivity index (χ4n) is 3.01. The molecule has 0 radical (unpaired) electrons. The Morgan fingerprint density at radius 3 is 2.07 bits per heavy atom. The molecule has 5 nitrogen and oxygen atoms in total. The number of halogens is 1. The van der Waals surface area contributed by atoms with Crippen molar-refractivity contribution in [2.24, 2.45) is 0 Å². The zero-order valence-electron chi connectivity index (χ0n) is 16.4. The summed E-state index contributed by atoms with van der Waals surface area (Å²) in [5, 5.41) is 0. The van der Waals surface area contributed by atoms with Crippen LogP contribution < -0.4 is 4.90 Å². The summed E-state index contributed by atoms with van der Waals surface area (Å²) >= 11 is 0. The van der Waals surface area contributed by atoms with Crippen LogP contribution in [0.5, 0.6) is 0 Å². The molecule has 0 spiro atoms. The number of carbonyl (C=O) groups is 3. The molecule has 0 saturated carbocycles. The quantitative estimate of drug-likeness (QED) is 0.435. The average Bonchev–Trinajstić information content (AvgIpc) is 2.79. The fraction of sp³-hybridized carbons (Fsp3) is 0.125. The van der Waals surface area contributed by atoms with Crippen LogP contribution in [0, 0.1) is 5.82 Å². The Morgan fingerprint density at radius 1 is 0.833 bits per heavy atom. The van der Waals surface area contributed by atoms with E-state index < -0.39 is 24.3 Å². The van der Waals surface area contributed by atoms with E-state index >= 15 is 0 Å². The van der Waals surface area contributed by atoms with E-state index in [-0.39, 0.29) is 16.9 Å². The molecule has 0 aliphatic heterocycles. The van der Waals surface area contributed by atoms with Crippen LogP contribution in [0.3, 0.4) is 0 Å². The van der Waals surface area contributed by atoms with Crippen LogP contribution in [0.15, 0.2) is 78.9 Å². The average molecular weight is 405 g/mol. The lowest BCUT2D eigenvalue weighted by Crippen LogP contribution is -2.34. The molecule has 0 aliphatic rings. The standard InChI is InChI=1S/C24H20FNO4/c1-2-26(19-14-12-18(25)13-15-19)22(27)16-30-24(29)21-11-7-6-10-20(21)23(28)17-8-4-3-5-9-17/h3-15H,2,16H2,1H3. The van der Waals surface area contributed by atoms with Gasteiger partial charge in [0.05, 0.1) is 5.56 Å². The minimum atomic E-state index is -0.765. The van der Waals surface area contributed by atoms with Gasteiger partial charge in [0.2, 0.25) is 0 Å². The highest BCUT2D eigenvalue weighted by Crippen LogP contribution is 2.17. The Labute approximate surface area is 173 Å². The molecule has 3 aromatic carbocycles. The van der Waals surface area contributed by atoms with Gasteiger partial charge in [-0.3, -0.25) is 9.59 Å². The number of hydrogen-bond acceptors (Lipinski definition) is 4. The van der Waals surface area contributed by atoms with E-state index in [0.717, 1.165) is 0 Å². The SMILES string of the molecule is CCN(C(=O)COC(=O)c1ccccc1C(=O)c1ccccc1)c1ccc(F)cc1. The van der Waals surface area contributed by atoms with E-state index in [2.05, 4.69) is 0 Å². The third-order valence-corrected chi connectivity index (χ3v) is 4.51. The number of anilines is 1. The highest BCUT2D eigenvalue weighted by molar-refractivity contribution is 6.14. The van der Waals surface area contributed by atoms with E-state index in [9.17, 15) is 18.8 Å². The van der Waals surface area contributed by atoms with Crippen LogP contribution in [0.25, 0.3) is 0 Å². The van der Waals surface area contributed by atoms with Gasteiger partial charge in [0.15, 0.2) is 12.4 Å². The number of hydrogen-bond donors (Lipinski definition) is 0. The highest BCUT2D eigenvalue weighted by Gasteiger charge is 2.21. The Bertz CT molecular complexity index is 1050. The maximum absolute atomic E-state index is 13.1. The predicted octanol–water partition coefficient (Wildman–Crippen LogP) is 4.27. The number of rotatable bonds is 7. The summed E-state index contributed by atoms with van der Waals surface area (Å²) < 4.78 is 18.3. The summed E-state index contributed by atoms with van der Waals surface area (Å²) in [4.78, 5) is 39.3. The second-order valence-corrected chi connectivity index (χ2v) is 6.43. The van der Waals surface area contributed by atoms with Gasteiger partial charge in [0.1, 0.15) is 5.82 Å². The first-order chi connectivity index (χ1) is 14.5. The van der Waals surface area contributed by atoms with Crippen molar-refractivity contribution in [2.45, 2.75) is 6.92 Å². The molecule has 3 aromatic rings. The third kappa shape index (κ3) is 4.78. The number of carbonyl (C=O) groups excluding carboxylic acids is 3. The Kier molecular flexibility index (Phi) is 6.70. The van der Waals surface area contributed by atoms with Crippen molar-refractivity contribution in [1.29, 1.82) is 0 Å². The third-order valence-electron chi connectivity index (χ3n) is 4.51. The van der Waals surface area contributed by atoms with E-state index in [4.69, 9.17) is 4.74 Å². The van der Waals surface area contributed by atoms with E-state index in [1.807, 2.05) is 0 Å². The van der Waals surface area contributed by atoms with E-state index in [1.165, 1.54) is 35.2 Å². The zero-order valence-corrected chi connectivity index (χ0v) is 16.4. The largest absolute Gasteiger partial charge is 0.452 e. The summed E-state index contributed by atoms with van der Waals surface area (Å²) in [7, 11) is 0. The lowest BCUT2D eigenvalue weighted by Gasteiger charge is -2.21.